The Morgan fingerprint density at radius 2 is 1.63 bits per heavy atom. The monoisotopic (exact) mass is 269 g/mol. The second-order valence-corrected chi connectivity index (χ2v) is 5.16. The molecule has 0 spiro atoms. The molecule has 2 aliphatic rings. The predicted molar refractivity (Wildman–Crippen MR) is 70.8 cm³/mol. The Morgan fingerprint density at radius 3 is 2.26 bits per heavy atom. The van der Waals surface area contributed by atoms with Gasteiger partial charge in [-0.2, -0.15) is 0 Å². The molecule has 2 saturated heterocycles. The van der Waals surface area contributed by atoms with E-state index in [1.807, 2.05) is 4.90 Å². The molecule has 1 N–H and O–H groups in total. The van der Waals surface area contributed by atoms with Gasteiger partial charge in [0.1, 0.15) is 6.04 Å². The maximum Gasteiger partial charge on any atom is 0.318 e. The molecule has 0 radical (unpaired) electrons. The standard InChI is InChI=1S/C13H23N3O3/c1-11(12(17)15-5-3-2-4-6-15)14-13(18)16-7-9-19-10-8-16/h11H,2-10H2,1H3,(H,14,18)/t11-/m0/s1. The van der Waals surface area contributed by atoms with Crippen molar-refractivity contribution in [1.29, 1.82) is 0 Å². The Bertz CT molecular complexity index is 323. The van der Waals surface area contributed by atoms with Crippen molar-refractivity contribution in [3.63, 3.8) is 0 Å². The molecule has 2 heterocycles. The minimum atomic E-state index is -0.451. The number of rotatable bonds is 2. The lowest BCUT2D eigenvalue weighted by molar-refractivity contribution is -0.133. The lowest BCUT2D eigenvalue weighted by Crippen LogP contribution is -2.53. The molecule has 6 nitrogen and oxygen atoms in total. The molecule has 0 aromatic heterocycles. The van der Waals surface area contributed by atoms with Crippen LogP contribution in [-0.4, -0.2) is 67.2 Å². The highest BCUT2D eigenvalue weighted by Crippen LogP contribution is 2.10. The first-order valence-electron chi connectivity index (χ1n) is 7.10. The quantitative estimate of drug-likeness (QED) is 0.791. The smallest absolute Gasteiger partial charge is 0.318 e. The Balaban J connectivity index is 1.80. The fourth-order valence-corrected chi connectivity index (χ4v) is 2.49. The number of nitrogens with zero attached hydrogens (tertiary/aromatic N) is 2. The lowest BCUT2D eigenvalue weighted by atomic mass is 10.1. The third-order valence-electron chi connectivity index (χ3n) is 3.68. The number of morpholine rings is 1. The van der Waals surface area contributed by atoms with Gasteiger partial charge in [-0.1, -0.05) is 0 Å². The van der Waals surface area contributed by atoms with E-state index in [0.717, 1.165) is 25.9 Å². The number of hydrogen-bond donors (Lipinski definition) is 1. The molecular weight excluding hydrogens is 246 g/mol. The maximum absolute atomic E-state index is 12.2. The van der Waals surface area contributed by atoms with Crippen LogP contribution in [0.3, 0.4) is 0 Å². The molecule has 0 saturated carbocycles. The highest BCUT2D eigenvalue weighted by Gasteiger charge is 2.25. The van der Waals surface area contributed by atoms with E-state index in [-0.39, 0.29) is 11.9 Å². The van der Waals surface area contributed by atoms with Gasteiger partial charge in [0.25, 0.3) is 0 Å². The van der Waals surface area contributed by atoms with Gasteiger partial charge in [0.2, 0.25) is 5.91 Å². The predicted octanol–water partition coefficient (Wildman–Crippen LogP) is 0.429. The number of piperidine rings is 1. The zero-order valence-corrected chi connectivity index (χ0v) is 11.6. The summed E-state index contributed by atoms with van der Waals surface area (Å²) in [5, 5.41) is 2.79. The minimum absolute atomic E-state index is 0.0290. The van der Waals surface area contributed by atoms with Crippen LogP contribution >= 0.6 is 0 Å². The maximum atomic E-state index is 12.2. The summed E-state index contributed by atoms with van der Waals surface area (Å²) >= 11 is 0. The molecular formula is C13H23N3O3. The van der Waals surface area contributed by atoms with Crippen molar-refractivity contribution in [1.82, 2.24) is 15.1 Å². The van der Waals surface area contributed by atoms with E-state index in [9.17, 15) is 9.59 Å². The van der Waals surface area contributed by atoms with Crippen LogP contribution in [0.2, 0.25) is 0 Å². The highest BCUT2D eigenvalue weighted by molar-refractivity contribution is 5.86. The number of nitrogens with one attached hydrogen (secondary N) is 1. The number of likely N-dealkylation sites (tertiary alicyclic amines) is 1. The van der Waals surface area contributed by atoms with E-state index in [4.69, 9.17) is 4.74 Å². The molecule has 1 atom stereocenters. The van der Waals surface area contributed by atoms with E-state index in [1.165, 1.54) is 6.42 Å². The number of ether oxygens (including phenoxy) is 1. The largest absolute Gasteiger partial charge is 0.378 e. The number of carbonyl (C=O) groups is 2. The zero-order chi connectivity index (χ0) is 13.7. The molecule has 2 fully saturated rings. The summed E-state index contributed by atoms with van der Waals surface area (Å²) in [6.07, 6.45) is 3.32. The summed E-state index contributed by atoms with van der Waals surface area (Å²) in [5.74, 6) is 0.0290. The second-order valence-electron chi connectivity index (χ2n) is 5.16. The van der Waals surface area contributed by atoms with Gasteiger partial charge in [-0.15, -0.1) is 0 Å². The first-order valence-corrected chi connectivity index (χ1v) is 7.10. The first-order chi connectivity index (χ1) is 9.18. The van der Waals surface area contributed by atoms with Crippen molar-refractivity contribution in [3.05, 3.63) is 0 Å². The molecule has 0 unspecified atom stereocenters. The second kappa shape index (κ2) is 6.75. The zero-order valence-electron chi connectivity index (χ0n) is 11.6. The Hall–Kier alpha value is -1.30. The number of hydrogen-bond acceptors (Lipinski definition) is 3. The molecule has 0 aromatic carbocycles. The van der Waals surface area contributed by atoms with E-state index < -0.39 is 6.04 Å². The number of amides is 3. The molecule has 0 bridgehead atoms. The first kappa shape index (κ1) is 14.1. The fourth-order valence-electron chi connectivity index (χ4n) is 2.49. The summed E-state index contributed by atoms with van der Waals surface area (Å²) in [5.41, 5.74) is 0. The summed E-state index contributed by atoms with van der Waals surface area (Å²) < 4.78 is 5.20. The number of urea groups is 1. The molecule has 2 aliphatic heterocycles. The highest BCUT2D eigenvalue weighted by atomic mass is 16.5. The van der Waals surface area contributed by atoms with Gasteiger partial charge in [-0.3, -0.25) is 4.79 Å². The average molecular weight is 269 g/mol. The van der Waals surface area contributed by atoms with Crippen LogP contribution in [0, 0.1) is 0 Å². The SMILES string of the molecule is C[C@H](NC(=O)N1CCOCC1)C(=O)N1CCCCC1. The van der Waals surface area contributed by atoms with Crippen LogP contribution in [0.1, 0.15) is 26.2 Å². The van der Waals surface area contributed by atoms with Gasteiger partial charge in [0, 0.05) is 26.2 Å². The van der Waals surface area contributed by atoms with E-state index in [2.05, 4.69) is 5.32 Å². The molecule has 3 amide bonds. The van der Waals surface area contributed by atoms with Crippen LogP contribution in [0.5, 0.6) is 0 Å². The Morgan fingerprint density at radius 1 is 1.00 bits per heavy atom. The van der Waals surface area contributed by atoms with Gasteiger partial charge in [-0.05, 0) is 26.2 Å². The summed E-state index contributed by atoms with van der Waals surface area (Å²) in [6.45, 7) is 5.72. The molecule has 0 aliphatic carbocycles. The Kier molecular flexibility index (Phi) is 5.01. The molecule has 108 valence electrons. The van der Waals surface area contributed by atoms with Gasteiger partial charge in [-0.25, -0.2) is 4.79 Å². The van der Waals surface area contributed by atoms with Gasteiger partial charge in [0.15, 0.2) is 0 Å². The van der Waals surface area contributed by atoms with Crippen molar-refractivity contribution in [2.75, 3.05) is 39.4 Å². The van der Waals surface area contributed by atoms with Crippen molar-refractivity contribution in [2.24, 2.45) is 0 Å². The van der Waals surface area contributed by atoms with Crippen molar-refractivity contribution in [3.8, 4) is 0 Å². The topological polar surface area (TPSA) is 61.9 Å². The third-order valence-corrected chi connectivity index (χ3v) is 3.68. The van der Waals surface area contributed by atoms with E-state index in [0.29, 0.717) is 26.3 Å². The minimum Gasteiger partial charge on any atom is -0.378 e. The summed E-state index contributed by atoms with van der Waals surface area (Å²) in [7, 11) is 0. The van der Waals surface area contributed by atoms with Crippen LogP contribution in [-0.2, 0) is 9.53 Å². The van der Waals surface area contributed by atoms with Crippen molar-refractivity contribution >= 4 is 11.9 Å². The molecule has 2 rings (SSSR count). The average Bonchev–Trinajstić information content (AvgIpc) is 2.48. The normalized spacial score (nSPS) is 21.9. The molecule has 19 heavy (non-hydrogen) atoms. The lowest BCUT2D eigenvalue weighted by Gasteiger charge is -2.31. The summed E-state index contributed by atoms with van der Waals surface area (Å²) in [4.78, 5) is 27.7. The number of carbonyl (C=O) groups excluding carboxylic acids is 2. The van der Waals surface area contributed by atoms with Crippen LogP contribution in [0.15, 0.2) is 0 Å². The van der Waals surface area contributed by atoms with Crippen LogP contribution in [0.25, 0.3) is 0 Å². The van der Waals surface area contributed by atoms with Crippen LogP contribution in [0.4, 0.5) is 4.79 Å². The van der Waals surface area contributed by atoms with Crippen LogP contribution < -0.4 is 5.32 Å². The third kappa shape index (κ3) is 3.83. The van der Waals surface area contributed by atoms with Gasteiger partial charge in [0.05, 0.1) is 13.2 Å². The molecule has 6 heteroatoms. The van der Waals surface area contributed by atoms with E-state index in [1.54, 1.807) is 11.8 Å². The molecule has 0 aromatic rings. The fraction of sp³-hybridized carbons (Fsp3) is 0.846. The van der Waals surface area contributed by atoms with E-state index >= 15 is 0 Å². The van der Waals surface area contributed by atoms with Gasteiger partial charge < -0.3 is 19.9 Å². The van der Waals surface area contributed by atoms with Gasteiger partial charge >= 0.3 is 6.03 Å². The Labute approximate surface area is 114 Å². The summed E-state index contributed by atoms with van der Waals surface area (Å²) in [6, 6.07) is -0.616. The van der Waals surface area contributed by atoms with Crippen molar-refractivity contribution < 1.29 is 14.3 Å². The van der Waals surface area contributed by atoms with Crippen molar-refractivity contribution in [2.45, 2.75) is 32.2 Å².